The number of hydrogen-bond donors (Lipinski definition) is 0. The van der Waals surface area contributed by atoms with Gasteiger partial charge in [0, 0.05) is 9.70 Å². The Bertz CT molecular complexity index is 192. The summed E-state index contributed by atoms with van der Waals surface area (Å²) in [5.74, 6) is 0. The predicted octanol–water partition coefficient (Wildman–Crippen LogP) is 4.24. The van der Waals surface area contributed by atoms with Crippen LogP contribution in [0.15, 0.2) is 17.5 Å². The topological polar surface area (TPSA) is 0 Å². The highest BCUT2D eigenvalue weighted by Crippen LogP contribution is 2.14. The van der Waals surface area contributed by atoms with Crippen molar-refractivity contribution in [3.05, 3.63) is 22.4 Å². The monoisotopic (exact) mass is 246 g/mol. The zero-order valence-corrected chi connectivity index (χ0v) is 9.83. The van der Waals surface area contributed by atoms with Crippen LogP contribution >= 0.6 is 27.3 Å². The molecule has 1 unspecified atom stereocenters. The normalized spacial score (nSPS) is 13.2. The average molecular weight is 247 g/mol. The summed E-state index contributed by atoms with van der Waals surface area (Å²) in [6, 6.07) is 4.36. The minimum Gasteiger partial charge on any atom is -0.149 e. The van der Waals surface area contributed by atoms with Crippen LogP contribution in [-0.4, -0.2) is 4.83 Å². The average Bonchev–Trinajstić information content (AvgIpc) is 2.49. The van der Waals surface area contributed by atoms with E-state index >= 15 is 0 Å². The molecule has 0 nitrogen and oxygen atoms in total. The van der Waals surface area contributed by atoms with E-state index in [-0.39, 0.29) is 0 Å². The molecular weight excluding hydrogens is 232 g/mol. The molecule has 0 spiro atoms. The zero-order valence-electron chi connectivity index (χ0n) is 7.42. The van der Waals surface area contributed by atoms with Crippen LogP contribution in [0.5, 0.6) is 0 Å². The standard InChI is InChI=1S/C10H15BrS/c1-9(11)5-2-3-6-10-7-4-8-12-10/h4,7-9H,2-3,5-6H2,1H3. The molecule has 0 saturated heterocycles. The smallest absolute Gasteiger partial charge is 0.0117 e. The molecule has 0 amide bonds. The molecule has 0 aromatic carbocycles. The molecule has 0 fully saturated rings. The Hall–Kier alpha value is 0.180. The third-order valence-corrected chi connectivity index (χ3v) is 3.25. The van der Waals surface area contributed by atoms with Crippen molar-refractivity contribution < 1.29 is 0 Å². The van der Waals surface area contributed by atoms with Gasteiger partial charge in [-0.15, -0.1) is 11.3 Å². The van der Waals surface area contributed by atoms with Crippen LogP contribution < -0.4 is 0 Å². The van der Waals surface area contributed by atoms with E-state index in [2.05, 4.69) is 40.4 Å². The van der Waals surface area contributed by atoms with Crippen LogP contribution in [0.4, 0.5) is 0 Å². The third-order valence-electron chi connectivity index (χ3n) is 1.86. The molecule has 1 aromatic rings. The summed E-state index contributed by atoms with van der Waals surface area (Å²) in [4.78, 5) is 2.21. The number of rotatable bonds is 5. The molecule has 0 aliphatic carbocycles. The largest absolute Gasteiger partial charge is 0.149 e. The highest BCUT2D eigenvalue weighted by atomic mass is 79.9. The van der Waals surface area contributed by atoms with Gasteiger partial charge < -0.3 is 0 Å². The van der Waals surface area contributed by atoms with Crippen LogP contribution in [0.25, 0.3) is 0 Å². The third kappa shape index (κ3) is 4.27. The lowest BCUT2D eigenvalue weighted by Crippen LogP contribution is -1.90. The van der Waals surface area contributed by atoms with Gasteiger partial charge in [-0.05, 0) is 30.7 Å². The Morgan fingerprint density at radius 3 is 2.92 bits per heavy atom. The highest BCUT2D eigenvalue weighted by Gasteiger charge is 1.97. The zero-order chi connectivity index (χ0) is 8.81. The van der Waals surface area contributed by atoms with Gasteiger partial charge in [-0.25, -0.2) is 0 Å². The van der Waals surface area contributed by atoms with Gasteiger partial charge in [-0.2, -0.15) is 0 Å². The van der Waals surface area contributed by atoms with Crippen molar-refractivity contribution in [3.8, 4) is 0 Å². The second-order valence-electron chi connectivity index (χ2n) is 3.11. The maximum atomic E-state index is 3.56. The van der Waals surface area contributed by atoms with E-state index < -0.39 is 0 Å². The van der Waals surface area contributed by atoms with Crippen LogP contribution in [0.2, 0.25) is 0 Å². The molecule has 68 valence electrons. The first kappa shape index (κ1) is 10.3. The van der Waals surface area contributed by atoms with Crippen molar-refractivity contribution in [2.75, 3.05) is 0 Å². The number of halogens is 1. The van der Waals surface area contributed by atoms with Crippen molar-refractivity contribution in [1.82, 2.24) is 0 Å². The van der Waals surface area contributed by atoms with E-state index in [1.54, 1.807) is 0 Å². The van der Waals surface area contributed by atoms with E-state index in [1.807, 2.05) is 11.3 Å². The van der Waals surface area contributed by atoms with Gasteiger partial charge in [0.25, 0.3) is 0 Å². The van der Waals surface area contributed by atoms with Crippen molar-refractivity contribution in [2.45, 2.75) is 37.4 Å². The van der Waals surface area contributed by atoms with E-state index in [1.165, 1.54) is 30.6 Å². The maximum Gasteiger partial charge on any atom is 0.0117 e. The quantitative estimate of drug-likeness (QED) is 0.539. The number of hydrogen-bond acceptors (Lipinski definition) is 1. The molecule has 12 heavy (non-hydrogen) atoms. The second kappa shape index (κ2) is 5.76. The Balaban J connectivity index is 2.04. The van der Waals surface area contributed by atoms with Crippen LogP contribution in [0.1, 0.15) is 31.1 Å². The molecule has 2 heteroatoms. The first-order valence-electron chi connectivity index (χ1n) is 4.45. The first-order chi connectivity index (χ1) is 5.79. The van der Waals surface area contributed by atoms with Crippen LogP contribution in [0, 0.1) is 0 Å². The van der Waals surface area contributed by atoms with Crippen molar-refractivity contribution in [2.24, 2.45) is 0 Å². The van der Waals surface area contributed by atoms with Gasteiger partial charge >= 0.3 is 0 Å². The molecule has 1 rings (SSSR count). The van der Waals surface area contributed by atoms with E-state index in [0.717, 1.165) is 0 Å². The van der Waals surface area contributed by atoms with Gasteiger partial charge in [0.15, 0.2) is 0 Å². The summed E-state index contributed by atoms with van der Waals surface area (Å²) < 4.78 is 0. The van der Waals surface area contributed by atoms with Gasteiger partial charge in [-0.1, -0.05) is 35.3 Å². The molecule has 0 aliphatic rings. The van der Waals surface area contributed by atoms with Gasteiger partial charge in [0.1, 0.15) is 0 Å². The Morgan fingerprint density at radius 1 is 1.50 bits per heavy atom. The van der Waals surface area contributed by atoms with Crippen molar-refractivity contribution in [1.29, 1.82) is 0 Å². The second-order valence-corrected chi connectivity index (χ2v) is 5.70. The minimum absolute atomic E-state index is 0.681. The summed E-state index contributed by atoms with van der Waals surface area (Å²) in [5, 5.41) is 2.16. The molecular formula is C10H15BrS. The molecule has 1 aromatic heterocycles. The van der Waals surface area contributed by atoms with Crippen molar-refractivity contribution >= 4 is 27.3 Å². The Labute approximate surface area is 87.1 Å². The number of aryl methyl sites for hydroxylation is 1. The molecule has 1 atom stereocenters. The lowest BCUT2D eigenvalue weighted by atomic mass is 10.1. The molecule has 0 N–H and O–H groups in total. The number of unbranched alkanes of at least 4 members (excludes halogenated alkanes) is 1. The fourth-order valence-electron chi connectivity index (χ4n) is 1.18. The maximum absolute atomic E-state index is 3.56. The fraction of sp³-hybridized carbons (Fsp3) is 0.600. The fourth-order valence-corrected chi connectivity index (χ4v) is 2.25. The molecule has 0 radical (unpaired) electrons. The van der Waals surface area contributed by atoms with Gasteiger partial charge in [0.2, 0.25) is 0 Å². The van der Waals surface area contributed by atoms with E-state index in [0.29, 0.717) is 4.83 Å². The summed E-state index contributed by atoms with van der Waals surface area (Å²) in [6.07, 6.45) is 5.23. The van der Waals surface area contributed by atoms with Crippen LogP contribution in [-0.2, 0) is 6.42 Å². The Kier molecular flexibility index (Phi) is 4.93. The summed E-state index contributed by atoms with van der Waals surface area (Å²) in [5.41, 5.74) is 0. The van der Waals surface area contributed by atoms with E-state index in [4.69, 9.17) is 0 Å². The van der Waals surface area contributed by atoms with Gasteiger partial charge in [-0.3, -0.25) is 0 Å². The predicted molar refractivity (Wildman–Crippen MR) is 60.3 cm³/mol. The molecule has 1 heterocycles. The first-order valence-corrected chi connectivity index (χ1v) is 6.25. The van der Waals surface area contributed by atoms with Gasteiger partial charge in [0.05, 0.1) is 0 Å². The lowest BCUT2D eigenvalue weighted by Gasteiger charge is -2.01. The molecule has 0 saturated carbocycles. The highest BCUT2D eigenvalue weighted by molar-refractivity contribution is 9.09. The Morgan fingerprint density at radius 2 is 2.33 bits per heavy atom. The van der Waals surface area contributed by atoms with Crippen LogP contribution in [0.3, 0.4) is 0 Å². The van der Waals surface area contributed by atoms with Crippen molar-refractivity contribution in [3.63, 3.8) is 0 Å². The number of thiophene rings is 1. The number of alkyl halides is 1. The summed E-state index contributed by atoms with van der Waals surface area (Å²) in [6.45, 7) is 2.21. The molecule has 0 aliphatic heterocycles. The SMILES string of the molecule is CC(Br)CCCCc1cccs1. The summed E-state index contributed by atoms with van der Waals surface area (Å²) >= 11 is 5.43. The summed E-state index contributed by atoms with van der Waals surface area (Å²) in [7, 11) is 0. The lowest BCUT2D eigenvalue weighted by molar-refractivity contribution is 0.684. The minimum atomic E-state index is 0.681. The van der Waals surface area contributed by atoms with E-state index in [9.17, 15) is 0 Å². The molecule has 0 bridgehead atoms.